The molecule has 1 aliphatic rings. The van der Waals surface area contributed by atoms with Crippen molar-refractivity contribution in [2.24, 2.45) is 5.73 Å². The van der Waals surface area contributed by atoms with Gasteiger partial charge in [-0.2, -0.15) is 0 Å². The fraction of sp³-hybridized carbons (Fsp3) is 0.333. The quantitative estimate of drug-likeness (QED) is 0.770. The molecular formula is C21H27ClN4O2. The highest BCUT2D eigenvalue weighted by Gasteiger charge is 2.23. The molecule has 0 aromatic heterocycles. The third-order valence-corrected chi connectivity index (χ3v) is 4.80. The van der Waals surface area contributed by atoms with Crippen molar-refractivity contribution in [1.82, 2.24) is 15.1 Å². The monoisotopic (exact) mass is 402 g/mol. The molecule has 3 rings (SSSR count). The molecule has 1 saturated heterocycles. The summed E-state index contributed by atoms with van der Waals surface area (Å²) in [6, 6.07) is 17.3. The van der Waals surface area contributed by atoms with Gasteiger partial charge in [-0.25, -0.2) is 0 Å². The predicted octanol–water partition coefficient (Wildman–Crippen LogP) is 1.64. The Bertz CT molecular complexity index is 760. The number of carbonyl (C=O) groups excluding carboxylic acids is 2. The first-order chi connectivity index (χ1) is 13.2. The van der Waals surface area contributed by atoms with Gasteiger partial charge in [-0.3, -0.25) is 14.5 Å². The second-order valence-electron chi connectivity index (χ2n) is 6.73. The Balaban J connectivity index is 0.00000280. The number of hydrogen-bond acceptors (Lipinski definition) is 4. The largest absolute Gasteiger partial charge is 0.351 e. The summed E-state index contributed by atoms with van der Waals surface area (Å²) >= 11 is 0. The zero-order chi connectivity index (χ0) is 19.1. The molecule has 6 nitrogen and oxygen atoms in total. The van der Waals surface area contributed by atoms with E-state index in [1.165, 1.54) is 0 Å². The minimum atomic E-state index is 0. The molecular weight excluding hydrogens is 376 g/mol. The molecule has 0 spiro atoms. The van der Waals surface area contributed by atoms with E-state index in [1.807, 2.05) is 59.5 Å². The van der Waals surface area contributed by atoms with Gasteiger partial charge in [-0.15, -0.1) is 12.4 Å². The summed E-state index contributed by atoms with van der Waals surface area (Å²) in [5.41, 5.74) is 8.37. The number of amides is 2. The van der Waals surface area contributed by atoms with Crippen LogP contribution in [0.15, 0.2) is 54.6 Å². The lowest BCUT2D eigenvalue weighted by Crippen LogP contribution is -2.51. The normalized spacial score (nSPS) is 14.2. The molecule has 0 atom stereocenters. The van der Waals surface area contributed by atoms with Gasteiger partial charge >= 0.3 is 0 Å². The molecule has 28 heavy (non-hydrogen) atoms. The predicted molar refractivity (Wildman–Crippen MR) is 112 cm³/mol. The highest BCUT2D eigenvalue weighted by Crippen LogP contribution is 2.10. The number of nitrogens with zero attached hydrogens (tertiary/aromatic N) is 2. The van der Waals surface area contributed by atoms with E-state index in [4.69, 9.17) is 5.73 Å². The Hall–Kier alpha value is -2.41. The van der Waals surface area contributed by atoms with Gasteiger partial charge in [0.25, 0.3) is 5.91 Å². The molecule has 0 saturated carbocycles. The van der Waals surface area contributed by atoms with E-state index in [1.54, 1.807) is 0 Å². The van der Waals surface area contributed by atoms with Gasteiger partial charge in [0, 0.05) is 44.8 Å². The molecule has 0 radical (unpaired) electrons. The number of hydrogen-bond donors (Lipinski definition) is 2. The van der Waals surface area contributed by atoms with Gasteiger partial charge in [0.05, 0.1) is 6.54 Å². The van der Waals surface area contributed by atoms with E-state index in [0.29, 0.717) is 51.4 Å². The summed E-state index contributed by atoms with van der Waals surface area (Å²) in [4.78, 5) is 28.7. The first-order valence-electron chi connectivity index (χ1n) is 9.27. The Morgan fingerprint density at radius 1 is 0.893 bits per heavy atom. The van der Waals surface area contributed by atoms with E-state index < -0.39 is 0 Å². The van der Waals surface area contributed by atoms with E-state index in [-0.39, 0.29) is 24.2 Å². The van der Waals surface area contributed by atoms with E-state index in [0.717, 1.165) is 11.1 Å². The van der Waals surface area contributed by atoms with Crippen molar-refractivity contribution in [2.45, 2.75) is 13.1 Å². The van der Waals surface area contributed by atoms with Crippen LogP contribution in [0.25, 0.3) is 0 Å². The molecule has 0 unspecified atom stereocenters. The van der Waals surface area contributed by atoms with Crippen LogP contribution in [0, 0.1) is 0 Å². The molecule has 1 fully saturated rings. The number of carbonyl (C=O) groups is 2. The van der Waals surface area contributed by atoms with Gasteiger partial charge < -0.3 is 16.0 Å². The average molecular weight is 403 g/mol. The van der Waals surface area contributed by atoms with Crippen LogP contribution in [0.1, 0.15) is 21.5 Å². The van der Waals surface area contributed by atoms with Crippen LogP contribution in [-0.4, -0.2) is 54.3 Å². The summed E-state index contributed by atoms with van der Waals surface area (Å²) in [6.45, 7) is 4.03. The fourth-order valence-electron chi connectivity index (χ4n) is 3.13. The Labute approximate surface area is 172 Å². The van der Waals surface area contributed by atoms with E-state index in [9.17, 15) is 9.59 Å². The summed E-state index contributed by atoms with van der Waals surface area (Å²) < 4.78 is 0. The number of nitrogens with one attached hydrogen (secondary N) is 1. The molecule has 1 aliphatic heterocycles. The Kier molecular flexibility index (Phi) is 8.44. The van der Waals surface area contributed by atoms with Crippen LogP contribution >= 0.6 is 12.4 Å². The van der Waals surface area contributed by atoms with Gasteiger partial charge in [-0.1, -0.05) is 42.5 Å². The fourth-order valence-corrected chi connectivity index (χ4v) is 3.13. The number of rotatable bonds is 6. The maximum atomic E-state index is 12.6. The smallest absolute Gasteiger partial charge is 0.253 e. The average Bonchev–Trinajstić information content (AvgIpc) is 2.73. The number of halogens is 1. The molecule has 2 aromatic rings. The zero-order valence-corrected chi connectivity index (χ0v) is 16.7. The van der Waals surface area contributed by atoms with Gasteiger partial charge in [0.2, 0.25) is 5.91 Å². The second kappa shape index (κ2) is 10.8. The second-order valence-corrected chi connectivity index (χ2v) is 6.73. The first kappa shape index (κ1) is 21.9. The highest BCUT2D eigenvalue weighted by atomic mass is 35.5. The van der Waals surface area contributed by atoms with Crippen molar-refractivity contribution in [3.8, 4) is 0 Å². The lowest BCUT2D eigenvalue weighted by molar-refractivity contribution is -0.122. The molecule has 2 aromatic carbocycles. The van der Waals surface area contributed by atoms with Crippen molar-refractivity contribution in [3.05, 3.63) is 71.3 Å². The molecule has 0 aliphatic carbocycles. The molecule has 1 heterocycles. The third kappa shape index (κ3) is 6.05. The van der Waals surface area contributed by atoms with Gasteiger partial charge in [0.15, 0.2) is 0 Å². The van der Waals surface area contributed by atoms with Gasteiger partial charge in [-0.05, 0) is 23.3 Å². The van der Waals surface area contributed by atoms with Crippen molar-refractivity contribution in [3.63, 3.8) is 0 Å². The number of piperazine rings is 1. The lowest BCUT2D eigenvalue weighted by Gasteiger charge is -2.34. The summed E-state index contributed by atoms with van der Waals surface area (Å²) in [5.74, 6) is 0.0442. The SMILES string of the molecule is Cl.NCc1ccc(C(=O)N2CCN(CC(=O)NCc3ccccc3)CC2)cc1. The maximum Gasteiger partial charge on any atom is 0.253 e. The zero-order valence-electron chi connectivity index (χ0n) is 15.8. The van der Waals surface area contributed by atoms with Crippen molar-refractivity contribution in [1.29, 1.82) is 0 Å². The van der Waals surface area contributed by atoms with Crippen LogP contribution in [0.2, 0.25) is 0 Å². The minimum absolute atomic E-state index is 0. The third-order valence-electron chi connectivity index (χ3n) is 4.80. The topological polar surface area (TPSA) is 78.7 Å². The van der Waals surface area contributed by atoms with Crippen molar-refractivity contribution in [2.75, 3.05) is 32.7 Å². The maximum absolute atomic E-state index is 12.6. The van der Waals surface area contributed by atoms with Crippen LogP contribution in [-0.2, 0) is 17.9 Å². The van der Waals surface area contributed by atoms with E-state index >= 15 is 0 Å². The number of benzene rings is 2. The molecule has 7 heteroatoms. The minimum Gasteiger partial charge on any atom is -0.351 e. The summed E-state index contributed by atoms with van der Waals surface area (Å²) in [7, 11) is 0. The Morgan fingerprint density at radius 2 is 1.54 bits per heavy atom. The van der Waals surface area contributed by atoms with Crippen LogP contribution in [0.3, 0.4) is 0 Å². The highest BCUT2D eigenvalue weighted by molar-refractivity contribution is 5.94. The van der Waals surface area contributed by atoms with Crippen molar-refractivity contribution >= 4 is 24.2 Å². The standard InChI is InChI=1S/C21H26N4O2.ClH/c22-14-17-6-8-19(9-7-17)21(27)25-12-10-24(11-13-25)16-20(26)23-15-18-4-2-1-3-5-18;/h1-9H,10-16,22H2,(H,23,26);1H. The molecule has 150 valence electrons. The summed E-state index contributed by atoms with van der Waals surface area (Å²) in [5, 5.41) is 2.95. The molecule has 2 amide bonds. The first-order valence-corrected chi connectivity index (χ1v) is 9.27. The molecule has 3 N–H and O–H groups in total. The van der Waals surface area contributed by atoms with Crippen LogP contribution < -0.4 is 11.1 Å². The van der Waals surface area contributed by atoms with Gasteiger partial charge in [0.1, 0.15) is 0 Å². The molecule has 0 bridgehead atoms. The van der Waals surface area contributed by atoms with Crippen LogP contribution in [0.5, 0.6) is 0 Å². The van der Waals surface area contributed by atoms with Crippen LogP contribution in [0.4, 0.5) is 0 Å². The summed E-state index contributed by atoms with van der Waals surface area (Å²) in [6.07, 6.45) is 0. The van der Waals surface area contributed by atoms with Crippen molar-refractivity contribution < 1.29 is 9.59 Å². The van der Waals surface area contributed by atoms with E-state index in [2.05, 4.69) is 10.2 Å². The number of nitrogens with two attached hydrogens (primary N) is 1. The Morgan fingerprint density at radius 3 is 2.14 bits per heavy atom. The lowest BCUT2D eigenvalue weighted by atomic mass is 10.1.